The molecule has 0 aliphatic rings. The molecule has 144 valence electrons. The van der Waals surface area contributed by atoms with Crippen molar-refractivity contribution in [2.24, 2.45) is 0 Å². The zero-order valence-electron chi connectivity index (χ0n) is 15.4. The maximum atomic E-state index is 12.3. The van der Waals surface area contributed by atoms with Crippen LogP contribution in [0.3, 0.4) is 0 Å². The minimum Gasteiger partial charge on any atom is -0.459 e. The van der Waals surface area contributed by atoms with E-state index in [-0.39, 0.29) is 24.2 Å². The van der Waals surface area contributed by atoms with Crippen molar-refractivity contribution in [3.63, 3.8) is 0 Å². The predicted octanol–water partition coefficient (Wildman–Crippen LogP) is 4.51. The van der Waals surface area contributed by atoms with Crippen molar-refractivity contribution in [1.82, 2.24) is 10.3 Å². The number of hydrogen-bond acceptors (Lipinski definition) is 4. The van der Waals surface area contributed by atoms with Gasteiger partial charge in [0.1, 0.15) is 18.3 Å². The number of aromatic nitrogens is 1. The fourth-order valence-electron chi connectivity index (χ4n) is 3.03. The fraction of sp³-hybridized carbons (Fsp3) is 0.0870. The lowest BCUT2D eigenvalue weighted by molar-refractivity contribution is -0.143. The number of rotatable bonds is 5. The van der Waals surface area contributed by atoms with Gasteiger partial charge in [0.15, 0.2) is 0 Å². The number of benzene rings is 3. The van der Waals surface area contributed by atoms with Crippen LogP contribution in [-0.4, -0.2) is 23.4 Å². The van der Waals surface area contributed by atoms with Gasteiger partial charge in [-0.25, -0.2) is 4.98 Å². The summed E-state index contributed by atoms with van der Waals surface area (Å²) in [6.07, 6.45) is 0. The second-order valence-electron chi connectivity index (χ2n) is 6.54. The Morgan fingerprint density at radius 2 is 1.62 bits per heavy atom. The Morgan fingerprint density at radius 3 is 2.45 bits per heavy atom. The summed E-state index contributed by atoms with van der Waals surface area (Å²) in [5.41, 5.74) is 1.87. The average Bonchev–Trinajstić information content (AvgIpc) is 2.75. The lowest BCUT2D eigenvalue weighted by atomic mass is 10.1. The fourth-order valence-corrected chi connectivity index (χ4v) is 3.23. The number of halogens is 1. The molecule has 0 spiro atoms. The van der Waals surface area contributed by atoms with Gasteiger partial charge < -0.3 is 10.1 Å². The van der Waals surface area contributed by atoms with Crippen LogP contribution >= 0.6 is 11.6 Å². The monoisotopic (exact) mass is 404 g/mol. The molecule has 1 heterocycles. The standard InChI is InChI=1S/C23H17ClN2O3/c24-22-19(12-17-7-3-4-8-20(17)26-22)14-29-21(27)13-25-23(28)18-10-9-15-5-1-2-6-16(15)11-18/h1-12H,13-14H2,(H,25,28). The molecular weight excluding hydrogens is 388 g/mol. The van der Waals surface area contributed by atoms with Gasteiger partial charge in [-0.05, 0) is 35.0 Å². The van der Waals surface area contributed by atoms with Crippen LogP contribution in [-0.2, 0) is 16.1 Å². The predicted molar refractivity (Wildman–Crippen MR) is 113 cm³/mol. The van der Waals surface area contributed by atoms with Crippen LogP contribution in [0, 0.1) is 0 Å². The number of carbonyl (C=O) groups is 2. The minimum atomic E-state index is -0.552. The molecule has 6 heteroatoms. The lowest BCUT2D eigenvalue weighted by Crippen LogP contribution is -2.30. The largest absolute Gasteiger partial charge is 0.459 e. The third-order valence-electron chi connectivity index (χ3n) is 4.54. The number of amides is 1. The summed E-state index contributed by atoms with van der Waals surface area (Å²) in [4.78, 5) is 28.7. The molecule has 1 amide bonds. The van der Waals surface area contributed by atoms with Crippen molar-refractivity contribution in [1.29, 1.82) is 0 Å². The third-order valence-corrected chi connectivity index (χ3v) is 4.87. The first-order valence-electron chi connectivity index (χ1n) is 9.07. The number of para-hydroxylation sites is 1. The van der Waals surface area contributed by atoms with Crippen molar-refractivity contribution >= 4 is 45.2 Å². The molecule has 0 radical (unpaired) electrons. The number of nitrogens with zero attached hydrogens (tertiary/aromatic N) is 1. The smallest absolute Gasteiger partial charge is 0.325 e. The summed E-state index contributed by atoms with van der Waals surface area (Å²) in [6, 6.07) is 22.5. The quantitative estimate of drug-likeness (QED) is 0.392. The van der Waals surface area contributed by atoms with E-state index < -0.39 is 5.97 Å². The highest BCUT2D eigenvalue weighted by Gasteiger charge is 2.11. The second-order valence-corrected chi connectivity index (χ2v) is 6.89. The molecule has 0 atom stereocenters. The van der Waals surface area contributed by atoms with Crippen molar-refractivity contribution in [2.75, 3.05) is 6.54 Å². The van der Waals surface area contributed by atoms with E-state index >= 15 is 0 Å². The number of nitrogens with one attached hydrogen (secondary N) is 1. The molecule has 0 saturated carbocycles. The van der Waals surface area contributed by atoms with E-state index in [4.69, 9.17) is 16.3 Å². The number of carbonyl (C=O) groups excluding carboxylic acids is 2. The summed E-state index contributed by atoms with van der Waals surface area (Å²) < 4.78 is 5.24. The SMILES string of the molecule is O=C(CNC(=O)c1ccc2ccccc2c1)OCc1cc2ccccc2nc1Cl. The number of pyridine rings is 1. The maximum absolute atomic E-state index is 12.3. The number of hydrogen-bond donors (Lipinski definition) is 1. The van der Waals surface area contributed by atoms with E-state index in [2.05, 4.69) is 10.3 Å². The zero-order chi connectivity index (χ0) is 20.2. The summed E-state index contributed by atoms with van der Waals surface area (Å²) in [5.74, 6) is -0.888. The number of fused-ring (bicyclic) bond motifs is 2. The van der Waals surface area contributed by atoms with Gasteiger partial charge in [-0.3, -0.25) is 9.59 Å². The van der Waals surface area contributed by atoms with E-state index in [0.717, 1.165) is 21.7 Å². The zero-order valence-corrected chi connectivity index (χ0v) is 16.1. The van der Waals surface area contributed by atoms with Crippen LogP contribution < -0.4 is 5.32 Å². The first kappa shape index (κ1) is 18.9. The Kier molecular flexibility index (Phi) is 5.40. The summed E-state index contributed by atoms with van der Waals surface area (Å²) >= 11 is 6.17. The Morgan fingerprint density at radius 1 is 0.897 bits per heavy atom. The molecule has 4 aromatic rings. The molecule has 0 bridgehead atoms. The molecule has 0 aliphatic carbocycles. The number of esters is 1. The van der Waals surface area contributed by atoms with E-state index in [1.165, 1.54) is 0 Å². The highest BCUT2D eigenvalue weighted by atomic mass is 35.5. The molecule has 1 aromatic heterocycles. The van der Waals surface area contributed by atoms with E-state index in [0.29, 0.717) is 11.1 Å². The van der Waals surface area contributed by atoms with Crippen LogP contribution in [0.5, 0.6) is 0 Å². The first-order valence-corrected chi connectivity index (χ1v) is 9.45. The topological polar surface area (TPSA) is 68.3 Å². The molecule has 0 aliphatic heterocycles. The molecular formula is C23H17ClN2O3. The summed E-state index contributed by atoms with van der Waals surface area (Å²) in [6.45, 7) is -0.244. The van der Waals surface area contributed by atoms with Gasteiger partial charge >= 0.3 is 5.97 Å². The van der Waals surface area contributed by atoms with Crippen molar-refractivity contribution < 1.29 is 14.3 Å². The summed E-state index contributed by atoms with van der Waals surface area (Å²) in [7, 11) is 0. The van der Waals surface area contributed by atoms with Gasteiger partial charge in [-0.1, -0.05) is 60.1 Å². The molecule has 5 nitrogen and oxygen atoms in total. The van der Waals surface area contributed by atoms with E-state index in [1.807, 2.05) is 60.7 Å². The van der Waals surface area contributed by atoms with Gasteiger partial charge in [0.05, 0.1) is 5.52 Å². The Balaban J connectivity index is 1.35. The Hall–Kier alpha value is -3.44. The normalized spacial score (nSPS) is 10.8. The third kappa shape index (κ3) is 4.36. The van der Waals surface area contributed by atoms with Gasteiger partial charge in [-0.2, -0.15) is 0 Å². The van der Waals surface area contributed by atoms with Gasteiger partial charge in [0.2, 0.25) is 0 Å². The maximum Gasteiger partial charge on any atom is 0.325 e. The number of ether oxygens (including phenoxy) is 1. The molecule has 4 rings (SSSR count). The minimum absolute atomic E-state index is 0.0126. The van der Waals surface area contributed by atoms with Crippen LogP contribution in [0.15, 0.2) is 72.8 Å². The van der Waals surface area contributed by atoms with Crippen molar-refractivity contribution in [2.45, 2.75) is 6.61 Å². The van der Waals surface area contributed by atoms with Gasteiger partial charge in [0.25, 0.3) is 5.91 Å². The van der Waals surface area contributed by atoms with E-state index in [1.54, 1.807) is 12.1 Å². The first-order chi connectivity index (χ1) is 14.1. The van der Waals surface area contributed by atoms with E-state index in [9.17, 15) is 9.59 Å². The molecule has 0 fully saturated rings. The molecule has 29 heavy (non-hydrogen) atoms. The Labute approximate surface area is 172 Å². The average molecular weight is 405 g/mol. The van der Waals surface area contributed by atoms with Crippen molar-refractivity contribution in [3.8, 4) is 0 Å². The summed E-state index contributed by atoms with van der Waals surface area (Å²) in [5, 5.41) is 5.79. The molecule has 0 saturated heterocycles. The van der Waals surface area contributed by atoms with Crippen LogP contribution in [0.25, 0.3) is 21.7 Å². The van der Waals surface area contributed by atoms with Gasteiger partial charge in [-0.15, -0.1) is 0 Å². The molecule has 3 aromatic carbocycles. The van der Waals surface area contributed by atoms with Gasteiger partial charge in [0, 0.05) is 16.5 Å². The van der Waals surface area contributed by atoms with Crippen LogP contribution in [0.1, 0.15) is 15.9 Å². The highest BCUT2D eigenvalue weighted by Crippen LogP contribution is 2.21. The van der Waals surface area contributed by atoms with Crippen LogP contribution in [0.2, 0.25) is 5.15 Å². The van der Waals surface area contributed by atoms with Crippen molar-refractivity contribution in [3.05, 3.63) is 89.1 Å². The van der Waals surface area contributed by atoms with Crippen LogP contribution in [0.4, 0.5) is 0 Å². The molecule has 0 unspecified atom stereocenters. The molecule has 1 N–H and O–H groups in total. The second kappa shape index (κ2) is 8.29. The highest BCUT2D eigenvalue weighted by molar-refractivity contribution is 6.30. The lowest BCUT2D eigenvalue weighted by Gasteiger charge is -2.09. The Bertz CT molecular complexity index is 1220.